The SMILES string of the molecule is COc1ccc(C(=O)N2CCN(c3cccc(C)c3C)CC2)cc1S(=O)(=O)N1CCCCC1. The predicted octanol–water partition coefficient (Wildman–Crippen LogP) is 3.45. The molecule has 0 saturated carbocycles. The summed E-state index contributed by atoms with van der Waals surface area (Å²) in [7, 11) is -2.26. The van der Waals surface area contributed by atoms with E-state index in [-0.39, 0.29) is 16.6 Å². The van der Waals surface area contributed by atoms with E-state index in [4.69, 9.17) is 4.74 Å². The van der Waals surface area contributed by atoms with Crippen molar-refractivity contribution >= 4 is 21.6 Å². The van der Waals surface area contributed by atoms with Gasteiger partial charge in [-0.3, -0.25) is 4.79 Å². The first-order valence-corrected chi connectivity index (χ1v) is 13.1. The quantitative estimate of drug-likeness (QED) is 0.668. The number of nitrogens with zero attached hydrogens (tertiary/aromatic N) is 3. The topological polar surface area (TPSA) is 70.2 Å². The number of carbonyl (C=O) groups is 1. The third kappa shape index (κ3) is 4.73. The van der Waals surface area contributed by atoms with Crippen molar-refractivity contribution in [2.45, 2.75) is 38.0 Å². The number of carbonyl (C=O) groups excluding carboxylic acids is 1. The summed E-state index contributed by atoms with van der Waals surface area (Å²) >= 11 is 0. The van der Waals surface area contributed by atoms with Crippen molar-refractivity contribution in [1.82, 2.24) is 9.21 Å². The first-order valence-electron chi connectivity index (χ1n) is 11.6. The van der Waals surface area contributed by atoms with E-state index >= 15 is 0 Å². The monoisotopic (exact) mass is 471 g/mol. The Morgan fingerprint density at radius 1 is 0.909 bits per heavy atom. The molecular weight excluding hydrogens is 438 g/mol. The smallest absolute Gasteiger partial charge is 0.254 e. The van der Waals surface area contributed by atoms with Crippen LogP contribution < -0.4 is 9.64 Å². The Morgan fingerprint density at radius 3 is 2.27 bits per heavy atom. The molecule has 2 heterocycles. The van der Waals surface area contributed by atoms with Gasteiger partial charge in [0.25, 0.3) is 5.91 Å². The average molecular weight is 472 g/mol. The number of amides is 1. The summed E-state index contributed by atoms with van der Waals surface area (Å²) in [5.74, 6) is 0.130. The van der Waals surface area contributed by atoms with Gasteiger partial charge in [-0.1, -0.05) is 18.6 Å². The molecule has 0 bridgehead atoms. The largest absolute Gasteiger partial charge is 0.495 e. The molecule has 2 aromatic rings. The molecule has 7 nitrogen and oxygen atoms in total. The van der Waals surface area contributed by atoms with Crippen LogP contribution in [0.4, 0.5) is 5.69 Å². The van der Waals surface area contributed by atoms with Crippen LogP contribution in [0.2, 0.25) is 0 Å². The Kier molecular flexibility index (Phi) is 6.95. The van der Waals surface area contributed by atoms with E-state index in [0.29, 0.717) is 31.7 Å². The number of aryl methyl sites for hydroxylation is 1. The van der Waals surface area contributed by atoms with E-state index < -0.39 is 10.0 Å². The lowest BCUT2D eigenvalue weighted by molar-refractivity contribution is 0.0746. The van der Waals surface area contributed by atoms with E-state index in [2.05, 4.69) is 36.9 Å². The highest BCUT2D eigenvalue weighted by atomic mass is 32.2. The molecule has 0 spiro atoms. The van der Waals surface area contributed by atoms with Crippen molar-refractivity contribution in [2.75, 3.05) is 51.3 Å². The second-order valence-electron chi connectivity index (χ2n) is 8.83. The zero-order valence-electron chi connectivity index (χ0n) is 19.7. The van der Waals surface area contributed by atoms with Gasteiger partial charge in [-0.15, -0.1) is 0 Å². The molecule has 33 heavy (non-hydrogen) atoms. The van der Waals surface area contributed by atoms with Crippen LogP contribution in [0.5, 0.6) is 5.75 Å². The van der Waals surface area contributed by atoms with Crippen molar-refractivity contribution < 1.29 is 17.9 Å². The van der Waals surface area contributed by atoms with E-state index in [1.165, 1.54) is 34.3 Å². The van der Waals surface area contributed by atoms with Crippen molar-refractivity contribution in [2.24, 2.45) is 0 Å². The lowest BCUT2D eigenvalue weighted by Gasteiger charge is -2.37. The Balaban J connectivity index is 1.52. The summed E-state index contributed by atoms with van der Waals surface area (Å²) < 4.78 is 33.4. The number of anilines is 1. The van der Waals surface area contributed by atoms with Gasteiger partial charge in [-0.25, -0.2) is 8.42 Å². The Bertz CT molecular complexity index is 1120. The summed E-state index contributed by atoms with van der Waals surface area (Å²) in [5.41, 5.74) is 4.11. The molecule has 0 aliphatic carbocycles. The summed E-state index contributed by atoms with van der Waals surface area (Å²) in [6, 6.07) is 11.0. The second-order valence-corrected chi connectivity index (χ2v) is 10.7. The molecule has 2 aromatic carbocycles. The minimum atomic E-state index is -3.72. The number of ether oxygens (including phenoxy) is 1. The number of methoxy groups -OCH3 is 1. The normalized spacial score (nSPS) is 17.8. The fraction of sp³-hybridized carbons (Fsp3) is 0.480. The van der Waals surface area contributed by atoms with Gasteiger partial charge >= 0.3 is 0 Å². The first kappa shape index (κ1) is 23.6. The second kappa shape index (κ2) is 9.73. The number of sulfonamides is 1. The van der Waals surface area contributed by atoms with Crippen LogP contribution in [0.3, 0.4) is 0 Å². The van der Waals surface area contributed by atoms with Crippen LogP contribution in [-0.2, 0) is 10.0 Å². The highest BCUT2D eigenvalue weighted by Gasteiger charge is 2.31. The van der Waals surface area contributed by atoms with Crippen LogP contribution in [-0.4, -0.2) is 69.9 Å². The average Bonchev–Trinajstić information content (AvgIpc) is 2.85. The van der Waals surface area contributed by atoms with Crippen LogP contribution >= 0.6 is 0 Å². The summed E-state index contributed by atoms with van der Waals surface area (Å²) in [6.07, 6.45) is 2.74. The summed E-state index contributed by atoms with van der Waals surface area (Å²) in [4.78, 5) is 17.5. The van der Waals surface area contributed by atoms with Gasteiger partial charge in [0.15, 0.2) is 0 Å². The van der Waals surface area contributed by atoms with E-state index in [0.717, 1.165) is 32.4 Å². The Labute approximate surface area is 197 Å². The Hall–Kier alpha value is -2.58. The third-order valence-electron chi connectivity index (χ3n) is 6.83. The van der Waals surface area contributed by atoms with Crippen LogP contribution in [0, 0.1) is 13.8 Å². The number of piperidine rings is 1. The number of piperazine rings is 1. The molecular formula is C25H33N3O4S. The number of hydrogen-bond acceptors (Lipinski definition) is 5. The highest BCUT2D eigenvalue weighted by Crippen LogP contribution is 2.30. The van der Waals surface area contributed by atoms with Crippen molar-refractivity contribution in [3.05, 3.63) is 53.1 Å². The van der Waals surface area contributed by atoms with E-state index in [1.54, 1.807) is 17.0 Å². The van der Waals surface area contributed by atoms with Gasteiger partial charge < -0.3 is 14.5 Å². The van der Waals surface area contributed by atoms with Gasteiger partial charge in [-0.05, 0) is 62.1 Å². The highest BCUT2D eigenvalue weighted by molar-refractivity contribution is 7.89. The lowest BCUT2D eigenvalue weighted by Crippen LogP contribution is -2.49. The molecule has 178 valence electrons. The van der Waals surface area contributed by atoms with Crippen LogP contribution in [0.1, 0.15) is 40.7 Å². The predicted molar refractivity (Wildman–Crippen MR) is 130 cm³/mol. The molecule has 0 radical (unpaired) electrons. The van der Waals surface area contributed by atoms with Gasteiger partial charge in [-0.2, -0.15) is 4.31 Å². The molecule has 0 unspecified atom stereocenters. The maximum Gasteiger partial charge on any atom is 0.254 e. The molecule has 0 N–H and O–H groups in total. The van der Waals surface area contributed by atoms with Gasteiger partial charge in [0.1, 0.15) is 10.6 Å². The molecule has 8 heteroatoms. The lowest BCUT2D eigenvalue weighted by atomic mass is 10.1. The van der Waals surface area contributed by atoms with Crippen LogP contribution in [0.15, 0.2) is 41.3 Å². The zero-order valence-corrected chi connectivity index (χ0v) is 20.5. The fourth-order valence-electron chi connectivity index (χ4n) is 4.67. The first-order chi connectivity index (χ1) is 15.8. The molecule has 4 rings (SSSR count). The molecule has 2 aliphatic rings. The molecule has 1 amide bonds. The number of hydrogen-bond donors (Lipinski definition) is 0. The fourth-order valence-corrected chi connectivity index (χ4v) is 6.37. The van der Waals surface area contributed by atoms with Gasteiger partial charge in [0.2, 0.25) is 10.0 Å². The minimum Gasteiger partial charge on any atom is -0.495 e. The molecule has 2 fully saturated rings. The Morgan fingerprint density at radius 2 is 1.61 bits per heavy atom. The molecule has 0 aromatic heterocycles. The van der Waals surface area contributed by atoms with Gasteiger partial charge in [0.05, 0.1) is 7.11 Å². The van der Waals surface area contributed by atoms with Crippen molar-refractivity contribution in [1.29, 1.82) is 0 Å². The third-order valence-corrected chi connectivity index (χ3v) is 8.75. The standard InChI is InChI=1S/C25H33N3O4S/c1-19-8-7-9-22(20(19)2)26-14-16-27(17-15-26)25(29)21-10-11-23(32-3)24(18-21)33(30,31)28-12-5-4-6-13-28/h7-11,18H,4-6,12-17H2,1-3H3. The summed E-state index contributed by atoms with van der Waals surface area (Å²) in [5, 5.41) is 0. The van der Waals surface area contributed by atoms with E-state index in [1.807, 2.05) is 0 Å². The number of benzene rings is 2. The molecule has 2 aliphatic heterocycles. The van der Waals surface area contributed by atoms with E-state index in [9.17, 15) is 13.2 Å². The molecule has 2 saturated heterocycles. The van der Waals surface area contributed by atoms with Crippen molar-refractivity contribution in [3.8, 4) is 5.75 Å². The minimum absolute atomic E-state index is 0.0757. The number of rotatable bonds is 5. The maximum atomic E-state index is 13.3. The van der Waals surface area contributed by atoms with Gasteiger partial charge in [0, 0.05) is 50.5 Å². The summed E-state index contributed by atoms with van der Waals surface area (Å²) in [6.45, 7) is 7.91. The van der Waals surface area contributed by atoms with Crippen LogP contribution in [0.25, 0.3) is 0 Å². The van der Waals surface area contributed by atoms with Crippen molar-refractivity contribution in [3.63, 3.8) is 0 Å². The zero-order chi connectivity index (χ0) is 23.6. The molecule has 0 atom stereocenters. The maximum absolute atomic E-state index is 13.3.